The summed E-state index contributed by atoms with van der Waals surface area (Å²) in [4.78, 5) is 8.09. The van der Waals surface area contributed by atoms with E-state index in [0.717, 1.165) is 0 Å². The Bertz CT molecular complexity index is 585. The number of methoxy groups -OCH3 is 1. The van der Waals surface area contributed by atoms with Crippen LogP contribution in [0.4, 0.5) is 5.69 Å². The zero-order valence-electron chi connectivity index (χ0n) is 9.67. The number of phenols is 1. The van der Waals surface area contributed by atoms with Crippen LogP contribution in [0.25, 0.3) is 0 Å². The van der Waals surface area contributed by atoms with E-state index in [2.05, 4.69) is 9.98 Å². The predicted octanol–water partition coefficient (Wildman–Crippen LogP) is 3.20. The average Bonchev–Trinajstić information content (AvgIpc) is 2.39. The molecule has 0 aliphatic heterocycles. The average molecular weight is 263 g/mol. The van der Waals surface area contributed by atoms with Crippen molar-refractivity contribution >= 4 is 23.5 Å². The maximum Gasteiger partial charge on any atom is 0.166 e. The predicted molar refractivity (Wildman–Crippen MR) is 71.2 cm³/mol. The zero-order chi connectivity index (χ0) is 13.0. The van der Waals surface area contributed by atoms with Gasteiger partial charge in [0.25, 0.3) is 0 Å². The molecule has 1 aromatic heterocycles. The first-order chi connectivity index (χ1) is 8.72. The summed E-state index contributed by atoms with van der Waals surface area (Å²) in [6.07, 6.45) is 3.10. The molecule has 18 heavy (non-hydrogen) atoms. The van der Waals surface area contributed by atoms with Gasteiger partial charge in [-0.05, 0) is 24.3 Å². The Morgan fingerprint density at radius 1 is 1.33 bits per heavy atom. The molecule has 92 valence electrons. The minimum absolute atomic E-state index is 0.0452. The number of hydrogen-bond acceptors (Lipinski definition) is 4. The highest BCUT2D eigenvalue weighted by atomic mass is 35.5. The van der Waals surface area contributed by atoms with Crippen LogP contribution in [0.3, 0.4) is 0 Å². The molecule has 1 aromatic carbocycles. The Labute approximate surface area is 110 Å². The normalized spacial score (nSPS) is 10.8. The molecule has 0 atom stereocenters. The summed E-state index contributed by atoms with van der Waals surface area (Å²) < 4.78 is 5.01. The van der Waals surface area contributed by atoms with Gasteiger partial charge in [-0.3, -0.25) is 4.99 Å². The van der Waals surface area contributed by atoms with Crippen molar-refractivity contribution < 1.29 is 9.84 Å². The van der Waals surface area contributed by atoms with Crippen molar-refractivity contribution in [2.45, 2.75) is 0 Å². The summed E-state index contributed by atoms with van der Waals surface area (Å²) in [5.41, 5.74) is 1.09. The molecule has 0 saturated heterocycles. The number of ether oxygens (including phenoxy) is 1. The number of benzene rings is 1. The van der Waals surface area contributed by atoms with Crippen LogP contribution >= 0.6 is 11.6 Å². The van der Waals surface area contributed by atoms with Crippen LogP contribution in [0.1, 0.15) is 5.56 Å². The molecule has 0 spiro atoms. The van der Waals surface area contributed by atoms with E-state index in [4.69, 9.17) is 16.3 Å². The first-order valence-electron chi connectivity index (χ1n) is 5.23. The fourth-order valence-corrected chi connectivity index (χ4v) is 1.59. The van der Waals surface area contributed by atoms with E-state index in [0.29, 0.717) is 22.2 Å². The molecular formula is C13H11ClN2O2. The number of aromatic nitrogens is 1. The van der Waals surface area contributed by atoms with Crippen molar-refractivity contribution in [1.29, 1.82) is 0 Å². The fraction of sp³-hybridized carbons (Fsp3) is 0.0769. The summed E-state index contributed by atoms with van der Waals surface area (Å²) in [6.45, 7) is 0. The molecule has 5 heteroatoms. The lowest BCUT2D eigenvalue weighted by Crippen LogP contribution is -1.88. The second kappa shape index (κ2) is 5.51. The molecule has 1 N–H and O–H groups in total. The maximum absolute atomic E-state index is 9.87. The smallest absolute Gasteiger partial charge is 0.166 e. The number of nitrogens with zero attached hydrogens (tertiary/aromatic N) is 2. The molecule has 0 aliphatic carbocycles. The monoisotopic (exact) mass is 262 g/mol. The second-order valence-electron chi connectivity index (χ2n) is 3.47. The van der Waals surface area contributed by atoms with Crippen molar-refractivity contribution in [2.75, 3.05) is 7.11 Å². The summed E-state index contributed by atoms with van der Waals surface area (Å²) in [5, 5.41) is 10.2. The van der Waals surface area contributed by atoms with Crippen LogP contribution in [0, 0.1) is 0 Å². The van der Waals surface area contributed by atoms with Crippen LogP contribution < -0.4 is 4.74 Å². The minimum Gasteiger partial charge on any atom is -0.504 e. The molecule has 0 unspecified atom stereocenters. The first kappa shape index (κ1) is 12.4. The molecule has 2 aromatic rings. The van der Waals surface area contributed by atoms with Gasteiger partial charge < -0.3 is 9.84 Å². The lowest BCUT2D eigenvalue weighted by molar-refractivity contribution is 0.373. The lowest BCUT2D eigenvalue weighted by Gasteiger charge is -2.04. The number of rotatable bonds is 3. The quantitative estimate of drug-likeness (QED) is 0.683. The van der Waals surface area contributed by atoms with Crippen LogP contribution in [-0.2, 0) is 0 Å². The van der Waals surface area contributed by atoms with Gasteiger partial charge in [0.1, 0.15) is 5.69 Å². The van der Waals surface area contributed by atoms with Gasteiger partial charge in [-0.15, -0.1) is 0 Å². The van der Waals surface area contributed by atoms with Gasteiger partial charge in [-0.25, -0.2) is 4.98 Å². The summed E-state index contributed by atoms with van der Waals surface area (Å²) >= 11 is 5.88. The number of halogens is 1. The number of aliphatic imine (C=N–C) groups is 1. The Balaban J connectivity index is 2.32. The minimum atomic E-state index is 0.0452. The third kappa shape index (κ3) is 2.60. The zero-order valence-corrected chi connectivity index (χ0v) is 10.4. The Morgan fingerprint density at radius 3 is 2.89 bits per heavy atom. The topological polar surface area (TPSA) is 54.7 Å². The van der Waals surface area contributed by atoms with Gasteiger partial charge in [0.2, 0.25) is 0 Å². The van der Waals surface area contributed by atoms with Crippen LogP contribution in [0.2, 0.25) is 5.15 Å². The molecule has 0 bridgehead atoms. The fourth-order valence-electron chi connectivity index (χ4n) is 1.42. The molecule has 0 radical (unpaired) electrons. The van der Waals surface area contributed by atoms with Crippen molar-refractivity contribution in [3.63, 3.8) is 0 Å². The lowest BCUT2D eigenvalue weighted by atomic mass is 10.2. The standard InChI is InChI=1S/C13H11ClN2O2/c1-18-11-6-2-4-9(12(11)17)8-16-10-5-3-7-15-13(10)14/h2-8,17H,1H3. The number of para-hydroxylation sites is 1. The number of pyridine rings is 1. The Kier molecular flexibility index (Phi) is 3.79. The number of hydrogen-bond donors (Lipinski definition) is 1. The van der Waals surface area contributed by atoms with Crippen LogP contribution in [0.15, 0.2) is 41.5 Å². The molecule has 1 heterocycles. The summed E-state index contributed by atoms with van der Waals surface area (Å²) in [6, 6.07) is 8.65. The number of aromatic hydroxyl groups is 1. The molecule has 2 rings (SSSR count). The summed E-state index contributed by atoms with van der Waals surface area (Å²) in [5.74, 6) is 0.444. The van der Waals surface area contributed by atoms with E-state index in [1.54, 1.807) is 36.5 Å². The van der Waals surface area contributed by atoms with Gasteiger partial charge >= 0.3 is 0 Å². The molecule has 0 fully saturated rings. The van der Waals surface area contributed by atoms with E-state index >= 15 is 0 Å². The van der Waals surface area contributed by atoms with E-state index in [9.17, 15) is 5.11 Å². The van der Waals surface area contributed by atoms with Gasteiger partial charge in [0, 0.05) is 18.0 Å². The summed E-state index contributed by atoms with van der Waals surface area (Å²) in [7, 11) is 1.49. The van der Waals surface area contributed by atoms with Crippen molar-refractivity contribution in [3.05, 3.63) is 47.2 Å². The first-order valence-corrected chi connectivity index (χ1v) is 5.60. The van der Waals surface area contributed by atoms with Gasteiger partial charge in [0.15, 0.2) is 16.7 Å². The highest BCUT2D eigenvalue weighted by molar-refractivity contribution is 6.31. The van der Waals surface area contributed by atoms with Gasteiger partial charge in [0.05, 0.1) is 7.11 Å². The molecule has 4 nitrogen and oxygen atoms in total. The third-order valence-electron chi connectivity index (χ3n) is 2.33. The number of phenolic OH excluding ortho intramolecular Hbond substituents is 1. The van der Waals surface area contributed by atoms with Crippen molar-refractivity contribution in [3.8, 4) is 11.5 Å². The van der Waals surface area contributed by atoms with E-state index in [-0.39, 0.29) is 5.75 Å². The van der Waals surface area contributed by atoms with Crippen molar-refractivity contribution in [1.82, 2.24) is 4.98 Å². The maximum atomic E-state index is 9.87. The Hall–Kier alpha value is -2.07. The third-order valence-corrected chi connectivity index (χ3v) is 2.62. The Morgan fingerprint density at radius 2 is 2.17 bits per heavy atom. The van der Waals surface area contributed by atoms with Crippen molar-refractivity contribution in [2.24, 2.45) is 4.99 Å². The van der Waals surface area contributed by atoms with E-state index in [1.165, 1.54) is 13.3 Å². The molecule has 0 saturated carbocycles. The SMILES string of the molecule is COc1cccc(C=Nc2cccnc2Cl)c1O. The second-order valence-corrected chi connectivity index (χ2v) is 3.83. The highest BCUT2D eigenvalue weighted by Gasteiger charge is 2.05. The largest absolute Gasteiger partial charge is 0.504 e. The molecular weight excluding hydrogens is 252 g/mol. The van der Waals surface area contributed by atoms with E-state index < -0.39 is 0 Å². The van der Waals surface area contributed by atoms with Gasteiger partial charge in [-0.2, -0.15) is 0 Å². The molecule has 0 amide bonds. The van der Waals surface area contributed by atoms with E-state index in [1.807, 2.05) is 0 Å². The van der Waals surface area contributed by atoms with Gasteiger partial charge in [-0.1, -0.05) is 17.7 Å². The van der Waals surface area contributed by atoms with Crippen LogP contribution in [0.5, 0.6) is 11.5 Å². The highest BCUT2D eigenvalue weighted by Crippen LogP contribution is 2.29. The molecule has 0 aliphatic rings. The van der Waals surface area contributed by atoms with Crippen LogP contribution in [-0.4, -0.2) is 23.4 Å².